The van der Waals surface area contributed by atoms with Crippen molar-refractivity contribution in [2.24, 2.45) is 0 Å². The summed E-state index contributed by atoms with van der Waals surface area (Å²) in [6.45, 7) is 0.578. The van der Waals surface area contributed by atoms with Crippen LogP contribution in [0.4, 0.5) is 5.69 Å². The number of rotatable bonds is 6. The molecule has 1 heterocycles. The fraction of sp³-hybridized carbons (Fsp3) is 0.286. The molecule has 1 N–H and O–H groups in total. The number of amides is 1. The van der Waals surface area contributed by atoms with Gasteiger partial charge in [-0.1, -0.05) is 35.5 Å². The number of hydrogen-bond acceptors (Lipinski definition) is 4. The molecule has 0 spiro atoms. The van der Waals surface area contributed by atoms with Gasteiger partial charge >= 0.3 is 0 Å². The van der Waals surface area contributed by atoms with Gasteiger partial charge in [-0.3, -0.25) is 4.79 Å². The predicted octanol–water partition coefficient (Wildman–Crippen LogP) is 3.90. The first kappa shape index (κ1) is 17.3. The van der Waals surface area contributed by atoms with Crippen LogP contribution >= 0.6 is 0 Å². The molecule has 6 nitrogen and oxygen atoms in total. The molecule has 1 aliphatic carbocycles. The van der Waals surface area contributed by atoms with E-state index in [1.807, 2.05) is 54.6 Å². The number of nitrogens with one attached hydrogen (secondary N) is 1. The lowest BCUT2D eigenvalue weighted by Gasteiger charge is -2.13. The molecule has 1 saturated carbocycles. The molecule has 1 aromatic heterocycles. The Balaban J connectivity index is 1.34. The van der Waals surface area contributed by atoms with Gasteiger partial charge in [-0.05, 0) is 55.5 Å². The van der Waals surface area contributed by atoms with Crippen LogP contribution < -0.4 is 10.1 Å². The van der Waals surface area contributed by atoms with Gasteiger partial charge in [0.05, 0.1) is 18.8 Å². The quantitative estimate of drug-likeness (QED) is 0.722. The Bertz CT molecular complexity index is 884. The highest BCUT2D eigenvalue weighted by Gasteiger charge is 2.16. The summed E-state index contributed by atoms with van der Waals surface area (Å²) in [5, 5.41) is 10.8. The van der Waals surface area contributed by atoms with Gasteiger partial charge in [0.2, 0.25) is 0 Å². The largest absolute Gasteiger partial charge is 0.490 e. The highest BCUT2D eigenvalue weighted by Crippen LogP contribution is 2.25. The standard InChI is InChI=1S/C21H22N4O2/c26-21(20-15-25(24-23-20)14-16-6-2-1-3-7-16)22-17-10-12-19(13-11-17)27-18-8-4-5-9-18/h1-3,6-7,10-13,15,18H,4-5,8-9,14H2,(H,22,26). The first-order chi connectivity index (χ1) is 13.3. The van der Waals surface area contributed by atoms with Crippen LogP contribution in [0.2, 0.25) is 0 Å². The summed E-state index contributed by atoms with van der Waals surface area (Å²) in [5.41, 5.74) is 2.10. The van der Waals surface area contributed by atoms with Gasteiger partial charge in [0.15, 0.2) is 5.69 Å². The number of ether oxygens (including phenoxy) is 1. The SMILES string of the molecule is O=C(Nc1ccc(OC2CCCC2)cc1)c1cn(Cc2ccccc2)nn1. The van der Waals surface area contributed by atoms with Gasteiger partial charge in [-0.2, -0.15) is 0 Å². The molecule has 0 radical (unpaired) electrons. The molecule has 0 atom stereocenters. The smallest absolute Gasteiger partial charge is 0.277 e. The molecule has 1 aliphatic rings. The Kier molecular flexibility index (Phi) is 5.14. The molecule has 0 aliphatic heterocycles. The van der Waals surface area contributed by atoms with E-state index in [4.69, 9.17) is 4.74 Å². The second kappa shape index (κ2) is 8.03. The second-order valence-corrected chi connectivity index (χ2v) is 6.79. The van der Waals surface area contributed by atoms with Crippen LogP contribution in [0.1, 0.15) is 41.7 Å². The fourth-order valence-corrected chi connectivity index (χ4v) is 3.26. The molecule has 3 aromatic rings. The third-order valence-corrected chi connectivity index (χ3v) is 4.68. The molecular weight excluding hydrogens is 340 g/mol. The van der Waals surface area contributed by atoms with E-state index in [0.717, 1.165) is 24.2 Å². The van der Waals surface area contributed by atoms with Crippen molar-refractivity contribution in [1.82, 2.24) is 15.0 Å². The topological polar surface area (TPSA) is 69.0 Å². The molecule has 138 valence electrons. The van der Waals surface area contributed by atoms with Crippen LogP contribution in [0.5, 0.6) is 5.75 Å². The number of nitrogens with zero attached hydrogens (tertiary/aromatic N) is 3. The predicted molar refractivity (Wildman–Crippen MR) is 103 cm³/mol. The third kappa shape index (κ3) is 4.53. The molecule has 27 heavy (non-hydrogen) atoms. The zero-order valence-electron chi connectivity index (χ0n) is 15.0. The molecule has 0 bridgehead atoms. The normalized spacial score (nSPS) is 14.2. The first-order valence-electron chi connectivity index (χ1n) is 9.28. The summed E-state index contributed by atoms with van der Waals surface area (Å²) in [7, 11) is 0. The van der Waals surface area contributed by atoms with E-state index >= 15 is 0 Å². The summed E-state index contributed by atoms with van der Waals surface area (Å²) >= 11 is 0. The molecule has 0 unspecified atom stereocenters. The second-order valence-electron chi connectivity index (χ2n) is 6.79. The lowest BCUT2D eigenvalue weighted by atomic mass is 10.2. The van der Waals surface area contributed by atoms with Crippen LogP contribution in [-0.2, 0) is 6.54 Å². The highest BCUT2D eigenvalue weighted by atomic mass is 16.5. The zero-order valence-corrected chi connectivity index (χ0v) is 15.0. The maximum atomic E-state index is 12.4. The number of benzene rings is 2. The lowest BCUT2D eigenvalue weighted by molar-refractivity contribution is 0.102. The average molecular weight is 362 g/mol. The Morgan fingerprint density at radius 3 is 2.56 bits per heavy atom. The summed E-state index contributed by atoms with van der Waals surface area (Å²) in [5.74, 6) is 0.562. The maximum absolute atomic E-state index is 12.4. The molecule has 2 aromatic carbocycles. The van der Waals surface area contributed by atoms with Crippen LogP contribution in [0.3, 0.4) is 0 Å². The van der Waals surface area contributed by atoms with Crippen molar-refractivity contribution in [3.05, 3.63) is 72.1 Å². The Labute approximate surface area is 158 Å². The van der Waals surface area contributed by atoms with E-state index in [1.54, 1.807) is 10.9 Å². The van der Waals surface area contributed by atoms with Crippen molar-refractivity contribution in [2.45, 2.75) is 38.3 Å². The minimum Gasteiger partial charge on any atom is -0.490 e. The first-order valence-corrected chi connectivity index (χ1v) is 9.28. The van der Waals surface area contributed by atoms with E-state index in [1.165, 1.54) is 12.8 Å². The Hall–Kier alpha value is -3.15. The molecule has 4 rings (SSSR count). The molecule has 1 fully saturated rings. The number of hydrogen-bond donors (Lipinski definition) is 1. The van der Waals surface area contributed by atoms with Crippen molar-refractivity contribution in [3.63, 3.8) is 0 Å². The molecular formula is C21H22N4O2. The summed E-state index contributed by atoms with van der Waals surface area (Å²) in [6.07, 6.45) is 6.70. The van der Waals surface area contributed by atoms with E-state index in [0.29, 0.717) is 18.3 Å². The molecule has 1 amide bonds. The summed E-state index contributed by atoms with van der Waals surface area (Å²) in [4.78, 5) is 12.4. The van der Waals surface area contributed by atoms with Crippen LogP contribution in [0.15, 0.2) is 60.8 Å². The van der Waals surface area contributed by atoms with Crippen molar-refractivity contribution < 1.29 is 9.53 Å². The van der Waals surface area contributed by atoms with Gasteiger partial charge < -0.3 is 10.1 Å². The van der Waals surface area contributed by atoms with Crippen molar-refractivity contribution >= 4 is 11.6 Å². The van der Waals surface area contributed by atoms with Crippen LogP contribution in [0.25, 0.3) is 0 Å². The van der Waals surface area contributed by atoms with Crippen molar-refractivity contribution in [3.8, 4) is 5.75 Å². The lowest BCUT2D eigenvalue weighted by Crippen LogP contribution is -2.13. The van der Waals surface area contributed by atoms with E-state index in [-0.39, 0.29) is 11.6 Å². The van der Waals surface area contributed by atoms with Crippen molar-refractivity contribution in [1.29, 1.82) is 0 Å². The minimum atomic E-state index is -0.279. The maximum Gasteiger partial charge on any atom is 0.277 e. The monoisotopic (exact) mass is 362 g/mol. The Morgan fingerprint density at radius 1 is 1.07 bits per heavy atom. The highest BCUT2D eigenvalue weighted by molar-refractivity contribution is 6.02. The van der Waals surface area contributed by atoms with E-state index in [2.05, 4.69) is 15.6 Å². The molecule has 6 heteroatoms. The van der Waals surface area contributed by atoms with Gasteiger partial charge in [0.1, 0.15) is 5.75 Å². The number of carbonyl (C=O) groups is 1. The number of aromatic nitrogens is 3. The molecule has 0 saturated heterocycles. The van der Waals surface area contributed by atoms with Crippen molar-refractivity contribution in [2.75, 3.05) is 5.32 Å². The van der Waals surface area contributed by atoms with Gasteiger partial charge in [0.25, 0.3) is 5.91 Å². The minimum absolute atomic E-state index is 0.279. The van der Waals surface area contributed by atoms with E-state index in [9.17, 15) is 4.79 Å². The van der Waals surface area contributed by atoms with Crippen LogP contribution in [0, 0.1) is 0 Å². The number of anilines is 1. The summed E-state index contributed by atoms with van der Waals surface area (Å²) < 4.78 is 7.60. The third-order valence-electron chi connectivity index (χ3n) is 4.68. The zero-order chi connectivity index (χ0) is 18.5. The van der Waals surface area contributed by atoms with Gasteiger partial charge in [-0.15, -0.1) is 5.10 Å². The number of carbonyl (C=O) groups excluding carboxylic acids is 1. The fourth-order valence-electron chi connectivity index (χ4n) is 3.26. The van der Waals surface area contributed by atoms with E-state index < -0.39 is 0 Å². The Morgan fingerprint density at radius 2 is 1.81 bits per heavy atom. The van der Waals surface area contributed by atoms with Crippen LogP contribution in [-0.4, -0.2) is 27.0 Å². The summed E-state index contributed by atoms with van der Waals surface area (Å²) in [6, 6.07) is 17.4. The van der Waals surface area contributed by atoms with Gasteiger partial charge in [0, 0.05) is 5.69 Å². The average Bonchev–Trinajstić information content (AvgIpc) is 3.36. The van der Waals surface area contributed by atoms with Gasteiger partial charge in [-0.25, -0.2) is 4.68 Å².